The molecule has 32 heavy (non-hydrogen) atoms. The number of pyridine rings is 1. The molecule has 0 bridgehead atoms. The van der Waals surface area contributed by atoms with Crippen LogP contribution in [0.1, 0.15) is 12.8 Å². The Kier molecular flexibility index (Phi) is 4.50. The van der Waals surface area contributed by atoms with Crippen LogP contribution in [0.2, 0.25) is 0 Å². The fourth-order valence-corrected chi connectivity index (χ4v) is 4.31. The Hall–Kier alpha value is -3.91. The molecule has 8 nitrogen and oxygen atoms in total. The molecule has 1 aliphatic rings. The topological polar surface area (TPSA) is 94.4 Å². The third-order valence-corrected chi connectivity index (χ3v) is 5.96. The number of β-amino-alcohol motifs (C(OH)–C–C–N with tert-alkyl or cyclic N) is 1. The molecule has 5 heterocycles. The van der Waals surface area contributed by atoms with Crippen molar-refractivity contribution in [1.29, 1.82) is 0 Å². The highest BCUT2D eigenvalue weighted by atomic mass is 16.3. The van der Waals surface area contributed by atoms with E-state index in [2.05, 4.69) is 43.4 Å². The highest BCUT2D eigenvalue weighted by molar-refractivity contribution is 5.81. The molecule has 4 aromatic heterocycles. The number of rotatable bonds is 4. The lowest BCUT2D eigenvalue weighted by Gasteiger charge is -2.32. The highest BCUT2D eigenvalue weighted by Crippen LogP contribution is 2.27. The van der Waals surface area contributed by atoms with E-state index in [1.165, 1.54) is 0 Å². The molecule has 1 fully saturated rings. The lowest BCUT2D eigenvalue weighted by atomic mass is 10.1. The summed E-state index contributed by atoms with van der Waals surface area (Å²) in [6.45, 7) is 1.66. The van der Waals surface area contributed by atoms with Gasteiger partial charge >= 0.3 is 0 Å². The zero-order valence-corrected chi connectivity index (χ0v) is 17.4. The van der Waals surface area contributed by atoms with Crippen molar-refractivity contribution in [3.8, 4) is 11.3 Å². The van der Waals surface area contributed by atoms with Crippen molar-refractivity contribution in [1.82, 2.24) is 24.3 Å². The second kappa shape index (κ2) is 7.65. The van der Waals surface area contributed by atoms with Crippen molar-refractivity contribution in [2.45, 2.75) is 18.9 Å². The predicted molar refractivity (Wildman–Crippen MR) is 125 cm³/mol. The number of aromatic nitrogens is 5. The van der Waals surface area contributed by atoms with Crippen molar-refractivity contribution in [2.75, 3.05) is 23.3 Å². The molecule has 160 valence electrons. The number of fused-ring (bicyclic) bond motifs is 2. The lowest BCUT2D eigenvalue weighted by Crippen LogP contribution is -2.38. The number of aliphatic hydroxyl groups is 1. The van der Waals surface area contributed by atoms with E-state index in [9.17, 15) is 5.11 Å². The molecule has 0 spiro atoms. The van der Waals surface area contributed by atoms with Crippen molar-refractivity contribution in [3.05, 3.63) is 67.4 Å². The van der Waals surface area contributed by atoms with Gasteiger partial charge in [-0.2, -0.15) is 0 Å². The maximum absolute atomic E-state index is 9.96. The van der Waals surface area contributed by atoms with Crippen LogP contribution in [0.25, 0.3) is 27.9 Å². The van der Waals surface area contributed by atoms with E-state index in [1.807, 2.05) is 47.4 Å². The molecular formula is C24H23N7O. The lowest BCUT2D eigenvalue weighted by molar-refractivity contribution is 0.154. The average Bonchev–Trinajstić information content (AvgIpc) is 3.48. The van der Waals surface area contributed by atoms with Gasteiger partial charge in [0.25, 0.3) is 0 Å². The molecule has 8 heteroatoms. The molecule has 0 unspecified atom stereocenters. The molecule has 0 radical (unpaired) electrons. The smallest absolute Gasteiger partial charge is 0.180 e. The van der Waals surface area contributed by atoms with E-state index in [0.717, 1.165) is 58.7 Å². The standard InChI is InChI=1S/C24H23N7O/c32-19-2-1-10-30(14-19)18-5-3-17(4-6-18)28-23-24-26-9-11-31(24)15-22(29-23)16-12-21-20(27-13-16)7-8-25-21/h3-9,11-13,15,19,25,32H,1-2,10,14H2,(H,28,29)/t19-/m0/s1. The second-order valence-electron chi connectivity index (χ2n) is 8.18. The molecule has 1 saturated heterocycles. The van der Waals surface area contributed by atoms with E-state index in [-0.39, 0.29) is 6.10 Å². The van der Waals surface area contributed by atoms with Gasteiger partial charge in [-0.3, -0.25) is 4.98 Å². The summed E-state index contributed by atoms with van der Waals surface area (Å²) in [5.41, 5.74) is 6.44. The molecule has 0 amide bonds. The van der Waals surface area contributed by atoms with Gasteiger partial charge in [-0.15, -0.1) is 0 Å². The summed E-state index contributed by atoms with van der Waals surface area (Å²) < 4.78 is 1.97. The van der Waals surface area contributed by atoms with Gasteiger partial charge in [-0.05, 0) is 49.2 Å². The van der Waals surface area contributed by atoms with Crippen LogP contribution >= 0.6 is 0 Å². The normalized spacial score (nSPS) is 16.7. The van der Waals surface area contributed by atoms with Crippen LogP contribution in [0.5, 0.6) is 0 Å². The molecule has 1 aliphatic heterocycles. The summed E-state index contributed by atoms with van der Waals surface area (Å²) in [7, 11) is 0. The number of aliphatic hydroxyl groups excluding tert-OH is 1. The number of nitrogens with one attached hydrogen (secondary N) is 2. The summed E-state index contributed by atoms with van der Waals surface area (Å²) in [4.78, 5) is 19.3. The number of imidazole rings is 1. The van der Waals surface area contributed by atoms with Crippen molar-refractivity contribution >= 4 is 33.9 Å². The maximum atomic E-state index is 9.96. The number of nitrogens with zero attached hydrogens (tertiary/aromatic N) is 5. The van der Waals surface area contributed by atoms with Crippen molar-refractivity contribution in [3.63, 3.8) is 0 Å². The minimum absolute atomic E-state index is 0.248. The third-order valence-electron chi connectivity index (χ3n) is 5.96. The average molecular weight is 425 g/mol. The first-order valence-electron chi connectivity index (χ1n) is 10.8. The number of aromatic amines is 1. The fraction of sp³-hybridized carbons (Fsp3) is 0.208. The highest BCUT2D eigenvalue weighted by Gasteiger charge is 2.18. The van der Waals surface area contributed by atoms with Crippen LogP contribution < -0.4 is 10.2 Å². The molecule has 5 aromatic rings. The van der Waals surface area contributed by atoms with Gasteiger partial charge in [-0.25, -0.2) is 9.97 Å². The largest absolute Gasteiger partial charge is 0.391 e. The number of H-pyrrole nitrogens is 1. The number of hydrogen-bond acceptors (Lipinski definition) is 6. The molecule has 0 saturated carbocycles. The predicted octanol–water partition coefficient (Wildman–Crippen LogP) is 3.98. The SMILES string of the molecule is O[C@H]1CCCN(c2ccc(Nc3nc(-c4cnc5cc[nH]c5c4)cn4ccnc34)cc2)C1. The van der Waals surface area contributed by atoms with Gasteiger partial charge in [0.05, 0.1) is 22.8 Å². The number of piperidine rings is 1. The van der Waals surface area contributed by atoms with Crippen molar-refractivity contribution in [2.24, 2.45) is 0 Å². The van der Waals surface area contributed by atoms with Crippen LogP contribution in [0.4, 0.5) is 17.2 Å². The third kappa shape index (κ3) is 3.44. The van der Waals surface area contributed by atoms with E-state index in [0.29, 0.717) is 12.4 Å². The van der Waals surface area contributed by atoms with Crippen LogP contribution in [0.15, 0.2) is 67.4 Å². The number of hydrogen-bond donors (Lipinski definition) is 3. The van der Waals surface area contributed by atoms with Gasteiger partial charge in [0.15, 0.2) is 11.5 Å². The van der Waals surface area contributed by atoms with E-state index in [1.54, 1.807) is 6.20 Å². The Balaban J connectivity index is 1.32. The van der Waals surface area contributed by atoms with Gasteiger partial charge < -0.3 is 24.7 Å². The first-order chi connectivity index (χ1) is 15.7. The molecule has 3 N–H and O–H groups in total. The monoisotopic (exact) mass is 425 g/mol. The fourth-order valence-electron chi connectivity index (χ4n) is 4.31. The van der Waals surface area contributed by atoms with Crippen LogP contribution in [0, 0.1) is 0 Å². The summed E-state index contributed by atoms with van der Waals surface area (Å²) in [5, 5.41) is 13.4. The second-order valence-corrected chi connectivity index (χ2v) is 8.18. The first-order valence-corrected chi connectivity index (χ1v) is 10.8. The summed E-state index contributed by atoms with van der Waals surface area (Å²) >= 11 is 0. The Morgan fingerprint density at radius 1 is 1.12 bits per heavy atom. The van der Waals surface area contributed by atoms with Crippen LogP contribution in [-0.4, -0.2) is 48.6 Å². The minimum atomic E-state index is -0.248. The molecule has 1 aromatic carbocycles. The summed E-state index contributed by atoms with van der Waals surface area (Å²) in [6, 6.07) is 12.2. The zero-order valence-electron chi connectivity index (χ0n) is 17.4. The molecule has 1 atom stereocenters. The maximum Gasteiger partial charge on any atom is 0.180 e. The quantitative estimate of drug-likeness (QED) is 0.403. The molecule has 0 aliphatic carbocycles. The van der Waals surface area contributed by atoms with Crippen molar-refractivity contribution < 1.29 is 5.11 Å². The Labute approximate surface area is 184 Å². The van der Waals surface area contributed by atoms with E-state index in [4.69, 9.17) is 4.98 Å². The van der Waals surface area contributed by atoms with E-state index >= 15 is 0 Å². The molecular weight excluding hydrogens is 402 g/mol. The summed E-state index contributed by atoms with van der Waals surface area (Å²) in [6.07, 6.45) is 11.0. The molecule has 6 rings (SSSR count). The van der Waals surface area contributed by atoms with Gasteiger partial charge in [0.2, 0.25) is 0 Å². The minimum Gasteiger partial charge on any atom is -0.391 e. The Morgan fingerprint density at radius 2 is 2.03 bits per heavy atom. The summed E-state index contributed by atoms with van der Waals surface area (Å²) in [5.74, 6) is 0.681. The zero-order chi connectivity index (χ0) is 21.5. The van der Waals surface area contributed by atoms with Gasteiger partial charge in [0.1, 0.15) is 0 Å². The van der Waals surface area contributed by atoms with Gasteiger partial charge in [0, 0.05) is 61.0 Å². The Bertz CT molecular complexity index is 1390. The van der Waals surface area contributed by atoms with Gasteiger partial charge in [-0.1, -0.05) is 0 Å². The number of anilines is 3. The Morgan fingerprint density at radius 3 is 2.91 bits per heavy atom. The van der Waals surface area contributed by atoms with E-state index < -0.39 is 0 Å². The first kappa shape index (κ1) is 18.8. The van der Waals surface area contributed by atoms with Crippen LogP contribution in [-0.2, 0) is 0 Å². The van der Waals surface area contributed by atoms with Crippen LogP contribution in [0.3, 0.4) is 0 Å². The number of benzene rings is 1.